The summed E-state index contributed by atoms with van der Waals surface area (Å²) >= 11 is 0. The fraction of sp³-hybridized carbons (Fsp3) is 0.333. The number of amides is 2. The van der Waals surface area contributed by atoms with Crippen LogP contribution < -0.4 is 15.0 Å². The minimum Gasteiger partial charge on any atom is -0.478 e. The van der Waals surface area contributed by atoms with E-state index in [1.807, 2.05) is 32.0 Å². The second kappa shape index (κ2) is 6.78. The lowest BCUT2D eigenvalue weighted by Crippen LogP contribution is -2.51. The van der Waals surface area contributed by atoms with Gasteiger partial charge in [0.1, 0.15) is 18.1 Å². The van der Waals surface area contributed by atoms with E-state index in [2.05, 4.69) is 5.32 Å². The SMILES string of the molecule is CC(C)[C@H]1Oc2ccccc2N(CC(=O)NCc2ccco2)C1=O. The van der Waals surface area contributed by atoms with Crippen molar-refractivity contribution in [1.29, 1.82) is 0 Å². The van der Waals surface area contributed by atoms with Crippen LogP contribution in [0.3, 0.4) is 0 Å². The molecule has 1 aliphatic rings. The molecule has 6 heteroatoms. The second-order valence-electron chi connectivity index (χ2n) is 6.03. The minimum atomic E-state index is -0.585. The summed E-state index contributed by atoms with van der Waals surface area (Å²) in [5.41, 5.74) is 0.618. The molecular formula is C18H20N2O4. The molecule has 0 saturated carbocycles. The van der Waals surface area contributed by atoms with Crippen molar-refractivity contribution in [3.8, 4) is 5.75 Å². The lowest BCUT2D eigenvalue weighted by molar-refractivity contribution is -0.130. The van der Waals surface area contributed by atoms with Gasteiger partial charge in [0.25, 0.3) is 5.91 Å². The Morgan fingerprint density at radius 1 is 1.25 bits per heavy atom. The van der Waals surface area contributed by atoms with E-state index in [9.17, 15) is 9.59 Å². The van der Waals surface area contributed by atoms with E-state index >= 15 is 0 Å². The number of carbonyl (C=O) groups is 2. The molecule has 3 rings (SSSR count). The Kier molecular flexibility index (Phi) is 4.55. The zero-order valence-corrected chi connectivity index (χ0v) is 13.7. The Morgan fingerprint density at radius 2 is 2.04 bits per heavy atom. The lowest BCUT2D eigenvalue weighted by Gasteiger charge is -2.35. The van der Waals surface area contributed by atoms with Gasteiger partial charge in [-0.15, -0.1) is 0 Å². The van der Waals surface area contributed by atoms with Crippen LogP contribution >= 0.6 is 0 Å². The van der Waals surface area contributed by atoms with Crippen molar-refractivity contribution in [2.45, 2.75) is 26.5 Å². The Labute approximate surface area is 140 Å². The molecular weight excluding hydrogens is 308 g/mol. The normalized spacial score (nSPS) is 16.7. The number of hydrogen-bond acceptors (Lipinski definition) is 4. The van der Waals surface area contributed by atoms with E-state index in [0.717, 1.165) is 0 Å². The van der Waals surface area contributed by atoms with Crippen molar-refractivity contribution in [1.82, 2.24) is 5.32 Å². The number of ether oxygens (including phenoxy) is 1. The molecule has 1 aliphatic heterocycles. The molecule has 0 unspecified atom stereocenters. The average Bonchev–Trinajstić information content (AvgIpc) is 3.08. The largest absolute Gasteiger partial charge is 0.478 e. The molecule has 1 atom stereocenters. The molecule has 126 valence electrons. The van der Waals surface area contributed by atoms with E-state index in [1.165, 1.54) is 4.90 Å². The van der Waals surface area contributed by atoms with Crippen molar-refractivity contribution in [3.63, 3.8) is 0 Å². The number of anilines is 1. The zero-order valence-electron chi connectivity index (χ0n) is 13.7. The van der Waals surface area contributed by atoms with Gasteiger partial charge in [0, 0.05) is 0 Å². The highest BCUT2D eigenvalue weighted by Crippen LogP contribution is 2.35. The Balaban J connectivity index is 1.74. The Morgan fingerprint density at radius 3 is 2.75 bits per heavy atom. The van der Waals surface area contributed by atoms with Crippen LogP contribution in [0, 0.1) is 5.92 Å². The van der Waals surface area contributed by atoms with Crippen LogP contribution in [0.15, 0.2) is 47.1 Å². The molecule has 0 radical (unpaired) electrons. The van der Waals surface area contributed by atoms with Gasteiger partial charge in [-0.3, -0.25) is 14.5 Å². The van der Waals surface area contributed by atoms with Crippen molar-refractivity contribution < 1.29 is 18.7 Å². The number of benzene rings is 1. The zero-order chi connectivity index (χ0) is 17.1. The lowest BCUT2D eigenvalue weighted by atomic mass is 10.0. The Hall–Kier alpha value is -2.76. The van der Waals surface area contributed by atoms with E-state index < -0.39 is 6.10 Å². The van der Waals surface area contributed by atoms with Gasteiger partial charge < -0.3 is 14.5 Å². The van der Waals surface area contributed by atoms with Gasteiger partial charge in [0.15, 0.2) is 6.10 Å². The van der Waals surface area contributed by atoms with Crippen LogP contribution in [0.2, 0.25) is 0 Å². The fourth-order valence-electron chi connectivity index (χ4n) is 2.62. The van der Waals surface area contributed by atoms with Crippen LogP contribution in [-0.2, 0) is 16.1 Å². The molecule has 0 bridgehead atoms. The first-order valence-corrected chi connectivity index (χ1v) is 7.92. The Bertz CT molecular complexity index is 724. The summed E-state index contributed by atoms with van der Waals surface area (Å²) < 4.78 is 11.0. The summed E-state index contributed by atoms with van der Waals surface area (Å²) in [6, 6.07) is 10.8. The highest BCUT2D eigenvalue weighted by atomic mass is 16.5. The number of hydrogen-bond donors (Lipinski definition) is 1. The highest BCUT2D eigenvalue weighted by Gasteiger charge is 2.36. The smallest absolute Gasteiger partial charge is 0.268 e. The third-order valence-electron chi connectivity index (χ3n) is 3.87. The average molecular weight is 328 g/mol. The van der Waals surface area contributed by atoms with E-state index in [-0.39, 0.29) is 24.3 Å². The number of carbonyl (C=O) groups excluding carboxylic acids is 2. The number of rotatable bonds is 5. The third kappa shape index (κ3) is 3.27. The van der Waals surface area contributed by atoms with Crippen LogP contribution in [0.25, 0.3) is 0 Å². The number of para-hydroxylation sites is 2. The first-order valence-electron chi connectivity index (χ1n) is 7.92. The van der Waals surface area contributed by atoms with Crippen molar-refractivity contribution in [2.24, 2.45) is 5.92 Å². The van der Waals surface area contributed by atoms with Gasteiger partial charge in [0.2, 0.25) is 5.91 Å². The molecule has 2 amide bonds. The van der Waals surface area contributed by atoms with Crippen LogP contribution in [0.4, 0.5) is 5.69 Å². The number of nitrogens with zero attached hydrogens (tertiary/aromatic N) is 1. The first kappa shape index (κ1) is 16.1. The van der Waals surface area contributed by atoms with Crippen molar-refractivity contribution in [3.05, 3.63) is 48.4 Å². The molecule has 0 saturated heterocycles. The second-order valence-corrected chi connectivity index (χ2v) is 6.03. The molecule has 1 aromatic carbocycles. The van der Waals surface area contributed by atoms with Crippen molar-refractivity contribution >= 4 is 17.5 Å². The topological polar surface area (TPSA) is 71.8 Å². The van der Waals surface area contributed by atoms with Crippen LogP contribution in [0.5, 0.6) is 5.75 Å². The van der Waals surface area contributed by atoms with Crippen molar-refractivity contribution in [2.75, 3.05) is 11.4 Å². The summed E-state index contributed by atoms with van der Waals surface area (Å²) in [7, 11) is 0. The molecule has 1 aromatic heterocycles. The van der Waals surface area contributed by atoms with Gasteiger partial charge in [-0.05, 0) is 30.2 Å². The number of nitrogens with one attached hydrogen (secondary N) is 1. The molecule has 0 spiro atoms. The summed E-state index contributed by atoms with van der Waals surface area (Å²) in [5, 5.41) is 2.76. The summed E-state index contributed by atoms with van der Waals surface area (Å²) in [4.78, 5) is 26.4. The summed E-state index contributed by atoms with van der Waals surface area (Å²) in [6.45, 7) is 4.08. The molecule has 1 N–H and O–H groups in total. The minimum absolute atomic E-state index is 0.0135. The predicted octanol–water partition coefficient (Wildman–Crippen LogP) is 2.35. The number of furan rings is 1. The maximum absolute atomic E-state index is 12.7. The third-order valence-corrected chi connectivity index (χ3v) is 3.87. The summed E-state index contributed by atoms with van der Waals surface area (Å²) in [6.07, 6.45) is 0.967. The van der Waals surface area contributed by atoms with Crippen LogP contribution in [-0.4, -0.2) is 24.5 Å². The first-order chi connectivity index (χ1) is 11.6. The molecule has 2 heterocycles. The van der Waals surface area contributed by atoms with Gasteiger partial charge in [-0.1, -0.05) is 26.0 Å². The predicted molar refractivity (Wildman–Crippen MR) is 88.6 cm³/mol. The highest BCUT2D eigenvalue weighted by molar-refractivity contribution is 6.03. The maximum Gasteiger partial charge on any atom is 0.268 e. The molecule has 0 aliphatic carbocycles. The van der Waals surface area contributed by atoms with E-state index in [1.54, 1.807) is 24.5 Å². The van der Waals surface area contributed by atoms with Gasteiger partial charge >= 0.3 is 0 Å². The fourth-order valence-corrected chi connectivity index (χ4v) is 2.62. The van der Waals surface area contributed by atoms with Gasteiger partial charge in [-0.25, -0.2) is 0 Å². The van der Waals surface area contributed by atoms with E-state index in [0.29, 0.717) is 23.7 Å². The quantitative estimate of drug-likeness (QED) is 0.914. The van der Waals surface area contributed by atoms with Crippen LogP contribution in [0.1, 0.15) is 19.6 Å². The monoisotopic (exact) mass is 328 g/mol. The van der Waals surface area contributed by atoms with E-state index in [4.69, 9.17) is 9.15 Å². The van der Waals surface area contributed by atoms with Gasteiger partial charge in [-0.2, -0.15) is 0 Å². The molecule has 6 nitrogen and oxygen atoms in total. The van der Waals surface area contributed by atoms with Gasteiger partial charge in [0.05, 0.1) is 18.5 Å². The molecule has 24 heavy (non-hydrogen) atoms. The standard InChI is InChI=1S/C18H20N2O4/c1-12(2)17-18(22)20(14-7-3-4-8-15(14)24-17)11-16(21)19-10-13-6-5-9-23-13/h3-9,12,17H,10-11H2,1-2H3,(H,19,21)/t17-/m1/s1. The molecule has 0 fully saturated rings. The number of fused-ring (bicyclic) bond motifs is 1. The molecule has 2 aromatic rings. The summed E-state index contributed by atoms with van der Waals surface area (Å²) in [5.74, 6) is 0.849. The maximum atomic E-state index is 12.7.